The molecular formula is C7H16O. The molecule has 0 radical (unpaired) electrons. The van der Waals surface area contributed by atoms with E-state index in [4.69, 9.17) is 4.74 Å². The molecule has 1 saturated heterocycles. The average Bonchev–Trinajstić information content (AvgIpc) is 2.24. The maximum Gasteiger partial charge on any atom is 0.0492 e. The van der Waals surface area contributed by atoms with Gasteiger partial charge in [-0.1, -0.05) is 20.8 Å². The van der Waals surface area contributed by atoms with Gasteiger partial charge in [-0.25, -0.2) is 0 Å². The van der Waals surface area contributed by atoms with Crippen LogP contribution in [0, 0.1) is 5.92 Å². The normalized spacial score (nSPS) is 26.6. The first kappa shape index (κ1) is 7.96. The third kappa shape index (κ3) is 3.03. The molecule has 1 heteroatoms. The lowest BCUT2D eigenvalue weighted by molar-refractivity contribution is 0.188. The van der Waals surface area contributed by atoms with Crippen LogP contribution in [-0.4, -0.2) is 13.2 Å². The summed E-state index contributed by atoms with van der Waals surface area (Å²) in [6.07, 6.45) is 1.26. The summed E-state index contributed by atoms with van der Waals surface area (Å²) in [4.78, 5) is 0. The Morgan fingerprint density at radius 3 is 2.12 bits per heavy atom. The maximum absolute atomic E-state index is 5.06. The van der Waals surface area contributed by atoms with Crippen molar-refractivity contribution in [3.8, 4) is 0 Å². The molecule has 0 N–H and O–H groups in total. The summed E-state index contributed by atoms with van der Waals surface area (Å²) < 4.78 is 5.06. The molecule has 0 bridgehead atoms. The molecule has 50 valence electrons. The van der Waals surface area contributed by atoms with Gasteiger partial charge in [0.2, 0.25) is 0 Å². The molecule has 0 saturated carbocycles. The predicted octanol–water partition coefficient (Wildman–Crippen LogP) is 2.07. The first-order chi connectivity index (χ1) is 3.89. The molecule has 1 aliphatic heterocycles. The van der Waals surface area contributed by atoms with E-state index in [1.54, 1.807) is 0 Å². The van der Waals surface area contributed by atoms with Crippen molar-refractivity contribution in [1.82, 2.24) is 0 Å². The van der Waals surface area contributed by atoms with Crippen LogP contribution < -0.4 is 0 Å². The summed E-state index contributed by atoms with van der Waals surface area (Å²) in [6.45, 7) is 8.19. The Labute approximate surface area is 52.0 Å². The molecule has 0 spiro atoms. The van der Waals surface area contributed by atoms with Crippen LogP contribution in [0.15, 0.2) is 0 Å². The molecule has 0 aliphatic carbocycles. The fraction of sp³-hybridized carbons (Fsp3) is 1.00. The smallest absolute Gasteiger partial charge is 0.0492 e. The first-order valence-electron chi connectivity index (χ1n) is 3.47. The lowest BCUT2D eigenvalue weighted by atomic mass is 10.2. The predicted molar refractivity (Wildman–Crippen MR) is 35.9 cm³/mol. The molecule has 1 atom stereocenters. The number of hydrogen-bond donors (Lipinski definition) is 0. The Hall–Kier alpha value is -0.0400. The van der Waals surface area contributed by atoms with Gasteiger partial charge in [0.15, 0.2) is 0 Å². The summed E-state index contributed by atoms with van der Waals surface area (Å²) >= 11 is 0. The van der Waals surface area contributed by atoms with Gasteiger partial charge in [0.25, 0.3) is 0 Å². The van der Waals surface area contributed by atoms with Gasteiger partial charge in [-0.2, -0.15) is 0 Å². The highest BCUT2D eigenvalue weighted by Gasteiger charge is 2.07. The van der Waals surface area contributed by atoms with Crippen LogP contribution in [0.4, 0.5) is 0 Å². The Kier molecular flexibility index (Phi) is 5.08. The van der Waals surface area contributed by atoms with Gasteiger partial charge in [0.1, 0.15) is 0 Å². The highest BCUT2D eigenvalue weighted by atomic mass is 16.5. The molecule has 0 aromatic carbocycles. The van der Waals surface area contributed by atoms with Crippen molar-refractivity contribution in [2.75, 3.05) is 13.2 Å². The molecule has 0 aromatic heterocycles. The van der Waals surface area contributed by atoms with Gasteiger partial charge >= 0.3 is 0 Å². The second kappa shape index (κ2) is 5.10. The molecule has 1 fully saturated rings. The summed E-state index contributed by atoms with van der Waals surface area (Å²) in [5, 5.41) is 0. The lowest BCUT2D eigenvalue weighted by Gasteiger charge is -1.89. The molecule has 0 amide bonds. The quantitative estimate of drug-likeness (QED) is 0.470. The van der Waals surface area contributed by atoms with E-state index < -0.39 is 0 Å². The topological polar surface area (TPSA) is 9.23 Å². The standard InChI is InChI=1S/C5H10O.C2H6/c1-5-2-3-6-4-5;1-2/h5H,2-4H2,1H3;1-2H3. The van der Waals surface area contributed by atoms with Crippen LogP contribution >= 0.6 is 0 Å². The third-order valence-corrected chi connectivity index (χ3v) is 1.16. The minimum absolute atomic E-state index is 0.824. The van der Waals surface area contributed by atoms with E-state index in [-0.39, 0.29) is 0 Å². The summed E-state index contributed by atoms with van der Waals surface area (Å²) in [5.74, 6) is 0.824. The molecule has 0 aromatic rings. The van der Waals surface area contributed by atoms with Crippen LogP contribution in [-0.2, 0) is 4.74 Å². The summed E-state index contributed by atoms with van der Waals surface area (Å²) in [6, 6.07) is 0. The Bertz CT molecular complexity index is 37.7. The van der Waals surface area contributed by atoms with Crippen LogP contribution in [0.1, 0.15) is 27.2 Å². The van der Waals surface area contributed by atoms with E-state index in [1.165, 1.54) is 6.42 Å². The molecule has 1 heterocycles. The van der Waals surface area contributed by atoms with E-state index in [0.717, 1.165) is 19.1 Å². The van der Waals surface area contributed by atoms with Crippen molar-refractivity contribution >= 4 is 0 Å². The van der Waals surface area contributed by atoms with Crippen molar-refractivity contribution < 1.29 is 4.74 Å². The second-order valence-corrected chi connectivity index (χ2v) is 1.97. The summed E-state index contributed by atoms with van der Waals surface area (Å²) in [7, 11) is 0. The highest BCUT2D eigenvalue weighted by Crippen LogP contribution is 2.09. The minimum Gasteiger partial charge on any atom is -0.381 e. The molecule has 8 heavy (non-hydrogen) atoms. The van der Waals surface area contributed by atoms with Crippen molar-refractivity contribution in [3.05, 3.63) is 0 Å². The Morgan fingerprint density at radius 1 is 1.38 bits per heavy atom. The lowest BCUT2D eigenvalue weighted by Crippen LogP contribution is -1.88. The number of ether oxygens (including phenoxy) is 1. The van der Waals surface area contributed by atoms with Crippen LogP contribution in [0.3, 0.4) is 0 Å². The van der Waals surface area contributed by atoms with Crippen LogP contribution in [0.2, 0.25) is 0 Å². The molecule has 1 unspecified atom stereocenters. The Balaban J connectivity index is 0.000000222. The third-order valence-electron chi connectivity index (χ3n) is 1.16. The fourth-order valence-electron chi connectivity index (χ4n) is 0.652. The fourth-order valence-corrected chi connectivity index (χ4v) is 0.652. The second-order valence-electron chi connectivity index (χ2n) is 1.97. The van der Waals surface area contributed by atoms with Crippen molar-refractivity contribution in [1.29, 1.82) is 0 Å². The maximum atomic E-state index is 5.06. The van der Waals surface area contributed by atoms with Gasteiger partial charge in [0, 0.05) is 13.2 Å². The molecule has 1 aliphatic rings. The van der Waals surface area contributed by atoms with Gasteiger partial charge in [0.05, 0.1) is 0 Å². The molecular weight excluding hydrogens is 100 g/mol. The summed E-state index contributed by atoms with van der Waals surface area (Å²) in [5.41, 5.74) is 0. The SMILES string of the molecule is CC.CC1CCOC1. The molecule has 1 nitrogen and oxygen atoms in total. The first-order valence-corrected chi connectivity index (χ1v) is 3.47. The number of hydrogen-bond acceptors (Lipinski definition) is 1. The van der Waals surface area contributed by atoms with Gasteiger partial charge < -0.3 is 4.74 Å². The van der Waals surface area contributed by atoms with Crippen LogP contribution in [0.25, 0.3) is 0 Å². The zero-order valence-electron chi connectivity index (χ0n) is 6.11. The van der Waals surface area contributed by atoms with Crippen LogP contribution in [0.5, 0.6) is 0 Å². The van der Waals surface area contributed by atoms with E-state index >= 15 is 0 Å². The van der Waals surface area contributed by atoms with E-state index in [1.807, 2.05) is 13.8 Å². The van der Waals surface area contributed by atoms with Gasteiger partial charge in [-0.05, 0) is 12.3 Å². The largest absolute Gasteiger partial charge is 0.381 e. The number of rotatable bonds is 0. The monoisotopic (exact) mass is 116 g/mol. The van der Waals surface area contributed by atoms with Gasteiger partial charge in [-0.3, -0.25) is 0 Å². The zero-order chi connectivity index (χ0) is 6.41. The van der Waals surface area contributed by atoms with Crippen molar-refractivity contribution in [3.63, 3.8) is 0 Å². The van der Waals surface area contributed by atoms with E-state index in [0.29, 0.717) is 0 Å². The Morgan fingerprint density at radius 2 is 2.00 bits per heavy atom. The highest BCUT2D eigenvalue weighted by molar-refractivity contribution is 4.55. The minimum atomic E-state index is 0.824. The zero-order valence-corrected chi connectivity index (χ0v) is 6.11. The van der Waals surface area contributed by atoms with E-state index in [9.17, 15) is 0 Å². The van der Waals surface area contributed by atoms with Crippen molar-refractivity contribution in [2.24, 2.45) is 5.92 Å². The van der Waals surface area contributed by atoms with Gasteiger partial charge in [-0.15, -0.1) is 0 Å². The average molecular weight is 116 g/mol. The molecule has 1 rings (SSSR count). The van der Waals surface area contributed by atoms with E-state index in [2.05, 4.69) is 6.92 Å². The van der Waals surface area contributed by atoms with Crippen molar-refractivity contribution in [2.45, 2.75) is 27.2 Å².